The maximum absolute atomic E-state index is 12.0. The van der Waals surface area contributed by atoms with E-state index in [1.54, 1.807) is 18.4 Å². The molecule has 5 heteroatoms. The summed E-state index contributed by atoms with van der Waals surface area (Å²) >= 11 is 1.70. The van der Waals surface area contributed by atoms with Gasteiger partial charge in [0, 0.05) is 23.5 Å². The molecule has 0 fully saturated rings. The van der Waals surface area contributed by atoms with Crippen LogP contribution in [0, 0.1) is 0 Å². The molecule has 1 amide bonds. The Kier molecular flexibility index (Phi) is 5.78. The number of likely N-dealkylation sites (N-methyl/N-ethyl adjacent to an activating group) is 1. The van der Waals surface area contributed by atoms with Gasteiger partial charge < -0.3 is 10.1 Å². The van der Waals surface area contributed by atoms with Crippen molar-refractivity contribution < 1.29 is 9.53 Å². The van der Waals surface area contributed by atoms with Gasteiger partial charge in [-0.3, -0.25) is 9.69 Å². The Labute approximate surface area is 129 Å². The van der Waals surface area contributed by atoms with Crippen LogP contribution in [0.1, 0.15) is 10.4 Å². The van der Waals surface area contributed by atoms with Gasteiger partial charge in [-0.05, 0) is 24.6 Å². The molecule has 0 radical (unpaired) electrons. The highest BCUT2D eigenvalue weighted by molar-refractivity contribution is 7.09. The average molecular weight is 304 g/mol. The van der Waals surface area contributed by atoms with Crippen molar-refractivity contribution >= 4 is 17.2 Å². The zero-order valence-corrected chi connectivity index (χ0v) is 13.2. The largest absolute Gasteiger partial charge is 0.496 e. The van der Waals surface area contributed by atoms with Crippen LogP contribution in [0.2, 0.25) is 0 Å². The van der Waals surface area contributed by atoms with Crippen molar-refractivity contribution in [3.63, 3.8) is 0 Å². The molecule has 112 valence electrons. The zero-order valence-electron chi connectivity index (χ0n) is 12.3. The van der Waals surface area contributed by atoms with E-state index in [4.69, 9.17) is 4.74 Å². The predicted molar refractivity (Wildman–Crippen MR) is 85.5 cm³/mol. The van der Waals surface area contributed by atoms with Crippen LogP contribution < -0.4 is 10.1 Å². The quantitative estimate of drug-likeness (QED) is 0.854. The minimum Gasteiger partial charge on any atom is -0.496 e. The van der Waals surface area contributed by atoms with Crippen LogP contribution in [0.15, 0.2) is 41.8 Å². The Bertz CT molecular complexity index is 569. The summed E-state index contributed by atoms with van der Waals surface area (Å²) < 4.78 is 5.27. The molecule has 1 aromatic heterocycles. The number of ether oxygens (including phenoxy) is 1. The molecule has 0 saturated heterocycles. The fraction of sp³-hybridized carbons (Fsp3) is 0.312. The highest BCUT2D eigenvalue weighted by Gasteiger charge is 2.08. The van der Waals surface area contributed by atoms with Crippen molar-refractivity contribution in [2.45, 2.75) is 13.1 Å². The maximum atomic E-state index is 12.0. The van der Waals surface area contributed by atoms with Crippen LogP contribution in [-0.2, 0) is 17.9 Å². The van der Waals surface area contributed by atoms with E-state index in [1.807, 2.05) is 47.7 Å². The zero-order chi connectivity index (χ0) is 15.1. The topological polar surface area (TPSA) is 41.6 Å². The standard InChI is InChI=1S/C16H20N2O2S/c1-18(11-14-7-5-9-21-14)12-16(19)17-10-13-6-3-4-8-15(13)20-2/h3-9H,10-12H2,1-2H3,(H,17,19). The summed E-state index contributed by atoms with van der Waals surface area (Å²) in [6.07, 6.45) is 0. The van der Waals surface area contributed by atoms with Gasteiger partial charge in [-0.1, -0.05) is 24.3 Å². The van der Waals surface area contributed by atoms with Crippen molar-refractivity contribution in [1.82, 2.24) is 10.2 Å². The third-order valence-corrected chi connectivity index (χ3v) is 3.95. The van der Waals surface area contributed by atoms with Crippen LogP contribution in [0.5, 0.6) is 5.75 Å². The molecular formula is C16H20N2O2S. The minimum absolute atomic E-state index is 0.0139. The lowest BCUT2D eigenvalue weighted by Gasteiger charge is -2.15. The Balaban J connectivity index is 1.79. The molecule has 0 aliphatic heterocycles. The Morgan fingerprint density at radius 3 is 2.81 bits per heavy atom. The molecule has 1 aromatic carbocycles. The van der Waals surface area contributed by atoms with Crippen molar-refractivity contribution in [3.8, 4) is 5.75 Å². The number of hydrogen-bond acceptors (Lipinski definition) is 4. The summed E-state index contributed by atoms with van der Waals surface area (Å²) in [4.78, 5) is 15.2. The maximum Gasteiger partial charge on any atom is 0.234 e. The van der Waals surface area contributed by atoms with Gasteiger partial charge in [0.1, 0.15) is 5.75 Å². The summed E-state index contributed by atoms with van der Waals surface area (Å²) in [7, 11) is 3.58. The van der Waals surface area contributed by atoms with Crippen molar-refractivity contribution in [1.29, 1.82) is 0 Å². The van der Waals surface area contributed by atoms with Gasteiger partial charge in [-0.25, -0.2) is 0 Å². The molecule has 0 saturated carbocycles. The van der Waals surface area contributed by atoms with Gasteiger partial charge in [0.25, 0.3) is 0 Å². The van der Waals surface area contributed by atoms with E-state index in [-0.39, 0.29) is 5.91 Å². The lowest BCUT2D eigenvalue weighted by molar-refractivity contribution is -0.122. The summed E-state index contributed by atoms with van der Waals surface area (Å²) in [6, 6.07) is 11.8. The molecule has 0 aliphatic rings. The number of carbonyl (C=O) groups excluding carboxylic acids is 1. The molecule has 4 nitrogen and oxygen atoms in total. The number of amides is 1. The van der Waals surface area contributed by atoms with Gasteiger partial charge in [-0.15, -0.1) is 11.3 Å². The van der Waals surface area contributed by atoms with Gasteiger partial charge in [0.05, 0.1) is 13.7 Å². The van der Waals surface area contributed by atoms with E-state index in [0.717, 1.165) is 17.9 Å². The first-order chi connectivity index (χ1) is 10.2. The number of thiophene rings is 1. The molecular weight excluding hydrogens is 284 g/mol. The second-order valence-electron chi connectivity index (χ2n) is 4.84. The number of carbonyl (C=O) groups is 1. The normalized spacial score (nSPS) is 10.6. The molecule has 0 bridgehead atoms. The Morgan fingerprint density at radius 1 is 1.29 bits per heavy atom. The van der Waals surface area contributed by atoms with Crippen LogP contribution in [-0.4, -0.2) is 31.5 Å². The lowest BCUT2D eigenvalue weighted by atomic mass is 10.2. The molecule has 1 heterocycles. The second kappa shape index (κ2) is 7.81. The summed E-state index contributed by atoms with van der Waals surface area (Å²) in [6.45, 7) is 1.66. The SMILES string of the molecule is COc1ccccc1CNC(=O)CN(C)Cc1cccs1. The smallest absolute Gasteiger partial charge is 0.234 e. The molecule has 2 aromatic rings. The monoisotopic (exact) mass is 304 g/mol. The van der Waals surface area contributed by atoms with E-state index in [0.29, 0.717) is 13.1 Å². The molecule has 21 heavy (non-hydrogen) atoms. The molecule has 1 N–H and O–H groups in total. The van der Waals surface area contributed by atoms with Crippen LogP contribution in [0.3, 0.4) is 0 Å². The Hall–Kier alpha value is -1.85. The predicted octanol–water partition coefficient (Wildman–Crippen LogP) is 2.50. The molecule has 0 atom stereocenters. The van der Waals surface area contributed by atoms with Crippen LogP contribution in [0.4, 0.5) is 0 Å². The third kappa shape index (κ3) is 4.88. The van der Waals surface area contributed by atoms with E-state index < -0.39 is 0 Å². The van der Waals surface area contributed by atoms with Crippen LogP contribution in [0.25, 0.3) is 0 Å². The number of hydrogen-bond donors (Lipinski definition) is 1. The molecule has 0 unspecified atom stereocenters. The third-order valence-electron chi connectivity index (χ3n) is 3.09. The summed E-state index contributed by atoms with van der Waals surface area (Å²) in [5.41, 5.74) is 0.981. The number of para-hydroxylation sites is 1. The number of rotatable bonds is 7. The number of methoxy groups -OCH3 is 1. The van der Waals surface area contributed by atoms with Gasteiger partial charge in [0.15, 0.2) is 0 Å². The molecule has 2 rings (SSSR count). The Morgan fingerprint density at radius 2 is 2.10 bits per heavy atom. The van der Waals surface area contributed by atoms with Crippen LogP contribution >= 0.6 is 11.3 Å². The van der Waals surface area contributed by atoms with E-state index >= 15 is 0 Å². The van der Waals surface area contributed by atoms with Crippen molar-refractivity contribution in [3.05, 3.63) is 52.2 Å². The first-order valence-corrected chi connectivity index (χ1v) is 7.66. The lowest BCUT2D eigenvalue weighted by Crippen LogP contribution is -2.34. The highest BCUT2D eigenvalue weighted by atomic mass is 32.1. The van der Waals surface area contributed by atoms with Crippen molar-refractivity contribution in [2.75, 3.05) is 20.7 Å². The average Bonchev–Trinajstić information content (AvgIpc) is 2.98. The minimum atomic E-state index is 0.0139. The van der Waals surface area contributed by atoms with Gasteiger partial charge in [0.2, 0.25) is 5.91 Å². The second-order valence-corrected chi connectivity index (χ2v) is 5.87. The van der Waals surface area contributed by atoms with E-state index in [9.17, 15) is 4.79 Å². The number of nitrogens with one attached hydrogen (secondary N) is 1. The van der Waals surface area contributed by atoms with Gasteiger partial charge >= 0.3 is 0 Å². The first-order valence-electron chi connectivity index (χ1n) is 6.78. The summed E-state index contributed by atoms with van der Waals surface area (Å²) in [5.74, 6) is 0.810. The highest BCUT2D eigenvalue weighted by Crippen LogP contribution is 2.16. The number of nitrogens with zero attached hydrogens (tertiary/aromatic N) is 1. The fourth-order valence-electron chi connectivity index (χ4n) is 2.07. The molecule has 0 aliphatic carbocycles. The molecule has 0 spiro atoms. The van der Waals surface area contributed by atoms with Gasteiger partial charge in [-0.2, -0.15) is 0 Å². The van der Waals surface area contributed by atoms with Crippen molar-refractivity contribution in [2.24, 2.45) is 0 Å². The van der Waals surface area contributed by atoms with E-state index in [1.165, 1.54) is 4.88 Å². The fourth-order valence-corrected chi connectivity index (χ4v) is 2.85. The summed E-state index contributed by atoms with van der Waals surface area (Å²) in [5, 5.41) is 4.97. The first kappa shape index (κ1) is 15.5. The van der Waals surface area contributed by atoms with E-state index in [2.05, 4.69) is 11.4 Å². The number of benzene rings is 1.